The lowest BCUT2D eigenvalue weighted by atomic mass is 9.94. The number of anilines is 2. The van der Waals surface area contributed by atoms with Crippen molar-refractivity contribution in [3.63, 3.8) is 0 Å². The van der Waals surface area contributed by atoms with Crippen LogP contribution in [0.4, 0.5) is 11.4 Å². The third-order valence-corrected chi connectivity index (χ3v) is 4.31. The maximum atomic E-state index is 5.75. The van der Waals surface area contributed by atoms with Crippen LogP contribution in [0.5, 0.6) is 0 Å². The van der Waals surface area contributed by atoms with E-state index in [2.05, 4.69) is 65.6 Å². The van der Waals surface area contributed by atoms with Crippen molar-refractivity contribution in [3.8, 4) is 11.1 Å². The first-order chi connectivity index (χ1) is 10.8. The Kier molecular flexibility index (Phi) is 3.23. The molecule has 0 unspecified atom stereocenters. The molecule has 22 heavy (non-hydrogen) atoms. The Balaban J connectivity index is 1.64. The van der Waals surface area contributed by atoms with Crippen molar-refractivity contribution < 1.29 is 0 Å². The van der Waals surface area contributed by atoms with Crippen molar-refractivity contribution in [3.05, 3.63) is 78.4 Å². The summed E-state index contributed by atoms with van der Waals surface area (Å²) >= 11 is 0. The number of fused-ring (bicyclic) bond motifs is 1. The largest absolute Gasteiger partial charge is 0.341 e. The van der Waals surface area contributed by atoms with Crippen LogP contribution >= 0.6 is 0 Å². The van der Waals surface area contributed by atoms with Crippen LogP contribution < -0.4 is 10.4 Å². The highest BCUT2D eigenvalue weighted by atomic mass is 15.2. The summed E-state index contributed by atoms with van der Waals surface area (Å²) in [4.78, 5) is 2.39. The molecule has 0 aliphatic carbocycles. The summed E-state index contributed by atoms with van der Waals surface area (Å²) in [5.41, 5.74) is 7.24. The summed E-state index contributed by atoms with van der Waals surface area (Å²) in [6.45, 7) is 1.06. The minimum Gasteiger partial charge on any atom is -0.341 e. The Morgan fingerprint density at radius 1 is 0.727 bits per heavy atom. The molecule has 2 radical (unpaired) electrons. The molecule has 104 valence electrons. The third-order valence-electron chi connectivity index (χ3n) is 4.31. The fourth-order valence-corrected chi connectivity index (χ4v) is 3.12. The van der Waals surface area contributed by atoms with Crippen LogP contribution in [0.25, 0.3) is 11.1 Å². The molecule has 0 amide bonds. The first-order valence-electron chi connectivity index (χ1n) is 7.63. The quantitative estimate of drug-likeness (QED) is 0.645. The van der Waals surface area contributed by atoms with E-state index < -0.39 is 0 Å². The van der Waals surface area contributed by atoms with Gasteiger partial charge < -0.3 is 4.90 Å². The molecule has 1 aliphatic rings. The molecule has 0 N–H and O–H groups in total. The van der Waals surface area contributed by atoms with Gasteiger partial charge >= 0.3 is 0 Å². The van der Waals surface area contributed by atoms with Crippen LogP contribution in [0.3, 0.4) is 0 Å². The van der Waals surface area contributed by atoms with E-state index in [-0.39, 0.29) is 0 Å². The van der Waals surface area contributed by atoms with Gasteiger partial charge in [0.2, 0.25) is 0 Å². The summed E-state index contributed by atoms with van der Waals surface area (Å²) in [6, 6.07) is 25.4. The Morgan fingerprint density at radius 3 is 2.09 bits per heavy atom. The zero-order chi connectivity index (χ0) is 14.9. The second kappa shape index (κ2) is 5.38. The standard InChI is InChI=1S/C20H16BN/c21-18-9-5-15(6-10-18)16-7-11-19(12-8-16)22-14-13-17-3-1-2-4-20(17)22/h1-12H,13-14H2. The van der Waals surface area contributed by atoms with Crippen LogP contribution in [0.15, 0.2) is 72.8 Å². The number of para-hydroxylation sites is 1. The monoisotopic (exact) mass is 281 g/mol. The van der Waals surface area contributed by atoms with Crippen LogP contribution in [0, 0.1) is 0 Å². The fraction of sp³-hybridized carbons (Fsp3) is 0.100. The Labute approximate surface area is 132 Å². The molecule has 0 aromatic heterocycles. The summed E-state index contributed by atoms with van der Waals surface area (Å²) in [6.07, 6.45) is 1.12. The molecule has 0 saturated carbocycles. The first-order valence-corrected chi connectivity index (χ1v) is 7.63. The molecular formula is C20H16BN. The summed E-state index contributed by atoms with van der Waals surface area (Å²) in [5.74, 6) is 0. The van der Waals surface area contributed by atoms with Crippen LogP contribution in [0.1, 0.15) is 5.56 Å². The Hall–Kier alpha value is -2.48. The van der Waals surface area contributed by atoms with Crippen LogP contribution in [-0.4, -0.2) is 14.4 Å². The zero-order valence-electron chi connectivity index (χ0n) is 12.4. The molecule has 0 bridgehead atoms. The van der Waals surface area contributed by atoms with Gasteiger partial charge in [0.15, 0.2) is 0 Å². The van der Waals surface area contributed by atoms with Gasteiger partial charge in [-0.15, -0.1) is 0 Å². The molecule has 1 nitrogen and oxygen atoms in total. The predicted octanol–water partition coefficient (Wildman–Crippen LogP) is 3.84. The van der Waals surface area contributed by atoms with E-state index in [9.17, 15) is 0 Å². The highest BCUT2D eigenvalue weighted by molar-refractivity contribution is 6.32. The van der Waals surface area contributed by atoms with Gasteiger partial charge in [0.05, 0.1) is 0 Å². The molecule has 0 atom stereocenters. The Morgan fingerprint density at radius 2 is 1.36 bits per heavy atom. The van der Waals surface area contributed by atoms with E-state index in [4.69, 9.17) is 7.85 Å². The molecule has 1 aliphatic heterocycles. The maximum Gasteiger partial charge on any atom is 0.113 e. The number of hydrogen-bond acceptors (Lipinski definition) is 1. The van der Waals surface area contributed by atoms with Crippen molar-refractivity contribution in [1.82, 2.24) is 0 Å². The lowest BCUT2D eigenvalue weighted by Gasteiger charge is -2.20. The minimum atomic E-state index is 0.800. The van der Waals surface area contributed by atoms with Crippen molar-refractivity contribution in [2.75, 3.05) is 11.4 Å². The van der Waals surface area contributed by atoms with Gasteiger partial charge in [-0.25, -0.2) is 0 Å². The highest BCUT2D eigenvalue weighted by Crippen LogP contribution is 2.34. The Bertz CT molecular complexity index is 791. The van der Waals surface area contributed by atoms with E-state index in [1.807, 2.05) is 12.1 Å². The molecule has 0 saturated heterocycles. The second-order valence-corrected chi connectivity index (χ2v) is 5.70. The van der Waals surface area contributed by atoms with E-state index >= 15 is 0 Å². The first kappa shape index (κ1) is 13.2. The molecule has 4 rings (SSSR count). The lowest BCUT2D eigenvalue weighted by molar-refractivity contribution is 0.998. The van der Waals surface area contributed by atoms with E-state index in [0.29, 0.717) is 0 Å². The highest BCUT2D eigenvalue weighted by Gasteiger charge is 2.19. The molecular weight excluding hydrogens is 265 g/mol. The fourth-order valence-electron chi connectivity index (χ4n) is 3.12. The van der Waals surface area contributed by atoms with Gasteiger partial charge in [-0.3, -0.25) is 0 Å². The van der Waals surface area contributed by atoms with Gasteiger partial charge in [0.25, 0.3) is 0 Å². The zero-order valence-corrected chi connectivity index (χ0v) is 12.4. The topological polar surface area (TPSA) is 3.24 Å². The smallest absolute Gasteiger partial charge is 0.113 e. The predicted molar refractivity (Wildman–Crippen MR) is 94.4 cm³/mol. The van der Waals surface area contributed by atoms with E-state index in [1.54, 1.807) is 0 Å². The lowest BCUT2D eigenvalue weighted by Crippen LogP contribution is -2.12. The minimum absolute atomic E-state index is 0.800. The normalized spacial score (nSPS) is 13.2. The van der Waals surface area contributed by atoms with Crippen LogP contribution in [-0.2, 0) is 6.42 Å². The van der Waals surface area contributed by atoms with Gasteiger partial charge in [-0.2, -0.15) is 0 Å². The van der Waals surface area contributed by atoms with Gasteiger partial charge in [-0.1, -0.05) is 60.1 Å². The second-order valence-electron chi connectivity index (χ2n) is 5.70. The molecule has 3 aromatic rings. The number of rotatable bonds is 2. The number of hydrogen-bond donors (Lipinski definition) is 0. The van der Waals surface area contributed by atoms with E-state index in [0.717, 1.165) is 18.4 Å². The maximum absolute atomic E-state index is 5.75. The van der Waals surface area contributed by atoms with Crippen molar-refractivity contribution >= 4 is 24.7 Å². The molecule has 1 heterocycles. The summed E-state index contributed by atoms with van der Waals surface area (Å²) < 4.78 is 0. The molecule has 0 fully saturated rings. The van der Waals surface area contributed by atoms with Crippen LogP contribution in [0.2, 0.25) is 0 Å². The van der Waals surface area contributed by atoms with Crippen molar-refractivity contribution in [1.29, 1.82) is 0 Å². The van der Waals surface area contributed by atoms with E-state index in [1.165, 1.54) is 28.1 Å². The van der Waals surface area contributed by atoms with Gasteiger partial charge in [0, 0.05) is 17.9 Å². The number of nitrogens with zero attached hydrogens (tertiary/aromatic N) is 1. The molecule has 2 heteroatoms. The average molecular weight is 281 g/mol. The molecule has 0 spiro atoms. The average Bonchev–Trinajstić information content (AvgIpc) is 3.00. The SMILES string of the molecule is [B]c1ccc(-c2ccc(N3CCc4ccccc43)cc2)cc1. The van der Waals surface area contributed by atoms with Gasteiger partial charge in [-0.05, 0) is 41.3 Å². The summed E-state index contributed by atoms with van der Waals surface area (Å²) in [5, 5.41) is 0. The molecule has 3 aromatic carbocycles. The number of benzene rings is 3. The van der Waals surface area contributed by atoms with Crippen molar-refractivity contribution in [2.24, 2.45) is 0 Å². The third kappa shape index (κ3) is 2.31. The van der Waals surface area contributed by atoms with Crippen molar-refractivity contribution in [2.45, 2.75) is 6.42 Å². The van der Waals surface area contributed by atoms with Gasteiger partial charge in [0.1, 0.15) is 7.85 Å². The summed E-state index contributed by atoms with van der Waals surface area (Å²) in [7, 11) is 5.75.